The van der Waals surface area contributed by atoms with Crippen LogP contribution in [0.1, 0.15) is 45.6 Å². The van der Waals surface area contributed by atoms with Crippen molar-refractivity contribution >= 4 is 25.8 Å². The zero-order valence-corrected chi connectivity index (χ0v) is 15.7. The lowest BCUT2D eigenvalue weighted by atomic mass is 9.96. The summed E-state index contributed by atoms with van der Waals surface area (Å²) in [5.41, 5.74) is 1.17. The van der Waals surface area contributed by atoms with E-state index in [0.717, 1.165) is 17.6 Å². The normalized spacial score (nSPS) is 14.1. The number of halogens is 1. The lowest BCUT2D eigenvalue weighted by Gasteiger charge is -2.23. The standard InChI is InChI=1S/C16H26BrNO2S/c1-5-18-12-13(14-8-6-7-9-15(14)17)10-11-21(19,20)16(2,3)4/h6-9,13,18H,5,10-12H2,1-4H3. The quantitative estimate of drug-likeness (QED) is 0.789. The summed E-state index contributed by atoms with van der Waals surface area (Å²) in [5, 5.41) is 3.33. The van der Waals surface area contributed by atoms with Gasteiger partial charge in [-0.3, -0.25) is 0 Å². The highest BCUT2D eigenvalue weighted by Crippen LogP contribution is 2.29. The Kier molecular flexibility index (Phi) is 6.88. The van der Waals surface area contributed by atoms with Crippen LogP contribution in [0.5, 0.6) is 0 Å². The third-order valence-corrected chi connectivity index (χ3v) is 7.02. The van der Waals surface area contributed by atoms with Crippen molar-refractivity contribution in [3.63, 3.8) is 0 Å². The topological polar surface area (TPSA) is 46.2 Å². The molecule has 1 N–H and O–H groups in total. The molecule has 0 aromatic heterocycles. The molecule has 0 bridgehead atoms. The van der Waals surface area contributed by atoms with E-state index in [0.29, 0.717) is 6.42 Å². The molecule has 21 heavy (non-hydrogen) atoms. The fourth-order valence-corrected chi connectivity index (χ4v) is 3.91. The molecule has 5 heteroatoms. The minimum absolute atomic E-state index is 0.192. The van der Waals surface area contributed by atoms with Gasteiger partial charge in [-0.25, -0.2) is 8.42 Å². The fraction of sp³-hybridized carbons (Fsp3) is 0.625. The van der Waals surface area contributed by atoms with Gasteiger partial charge in [0.2, 0.25) is 0 Å². The summed E-state index contributed by atoms with van der Waals surface area (Å²) in [4.78, 5) is 0. The van der Waals surface area contributed by atoms with Crippen LogP contribution in [0.25, 0.3) is 0 Å². The average molecular weight is 376 g/mol. The second-order valence-corrected chi connectivity index (χ2v) is 9.96. The number of benzene rings is 1. The van der Waals surface area contributed by atoms with Crippen LogP contribution in [0, 0.1) is 0 Å². The molecule has 1 atom stereocenters. The highest BCUT2D eigenvalue weighted by Gasteiger charge is 2.29. The van der Waals surface area contributed by atoms with Crippen LogP contribution in [0.3, 0.4) is 0 Å². The van der Waals surface area contributed by atoms with E-state index < -0.39 is 14.6 Å². The summed E-state index contributed by atoms with van der Waals surface area (Å²) < 4.78 is 25.0. The van der Waals surface area contributed by atoms with Crippen LogP contribution >= 0.6 is 15.9 Å². The van der Waals surface area contributed by atoms with E-state index in [9.17, 15) is 8.42 Å². The molecule has 1 aromatic rings. The van der Waals surface area contributed by atoms with Crippen LogP contribution in [0.4, 0.5) is 0 Å². The highest BCUT2D eigenvalue weighted by molar-refractivity contribution is 9.10. The molecule has 0 amide bonds. The smallest absolute Gasteiger partial charge is 0.155 e. The largest absolute Gasteiger partial charge is 0.316 e. The number of nitrogens with one attached hydrogen (secondary N) is 1. The number of likely N-dealkylation sites (N-methyl/N-ethyl adjacent to an activating group) is 1. The predicted octanol–water partition coefficient (Wildman–Crippen LogP) is 3.75. The van der Waals surface area contributed by atoms with E-state index in [1.807, 2.05) is 18.2 Å². The van der Waals surface area contributed by atoms with Crippen molar-refractivity contribution in [3.8, 4) is 0 Å². The molecule has 0 heterocycles. The van der Waals surface area contributed by atoms with Gasteiger partial charge in [0.15, 0.2) is 9.84 Å². The molecule has 0 radical (unpaired) electrons. The Labute approximate surface area is 137 Å². The van der Waals surface area contributed by atoms with Crippen LogP contribution in [0.15, 0.2) is 28.7 Å². The van der Waals surface area contributed by atoms with Gasteiger partial charge in [0, 0.05) is 11.0 Å². The predicted molar refractivity (Wildman–Crippen MR) is 93.6 cm³/mol. The Hall–Kier alpha value is -0.390. The first kappa shape index (κ1) is 18.7. The van der Waals surface area contributed by atoms with Crippen molar-refractivity contribution in [1.82, 2.24) is 5.32 Å². The molecule has 0 spiro atoms. The van der Waals surface area contributed by atoms with Gasteiger partial charge in [-0.05, 0) is 51.3 Å². The summed E-state index contributed by atoms with van der Waals surface area (Å²) in [6, 6.07) is 8.05. The molecule has 1 unspecified atom stereocenters. The van der Waals surface area contributed by atoms with Gasteiger partial charge in [-0.15, -0.1) is 0 Å². The lowest BCUT2D eigenvalue weighted by molar-refractivity contribution is 0.541. The maximum absolute atomic E-state index is 12.3. The highest BCUT2D eigenvalue weighted by atomic mass is 79.9. The maximum Gasteiger partial charge on any atom is 0.155 e. The molecule has 1 aromatic carbocycles. The number of sulfone groups is 1. The molecule has 0 aliphatic heterocycles. The second-order valence-electron chi connectivity index (χ2n) is 6.25. The Morgan fingerprint density at radius 3 is 2.38 bits per heavy atom. The average Bonchev–Trinajstić information content (AvgIpc) is 2.39. The first-order chi connectivity index (χ1) is 9.69. The summed E-state index contributed by atoms with van der Waals surface area (Å²) in [5.74, 6) is 0.408. The van der Waals surface area contributed by atoms with E-state index in [2.05, 4.69) is 34.2 Å². The van der Waals surface area contributed by atoms with Gasteiger partial charge in [0.1, 0.15) is 0 Å². The van der Waals surface area contributed by atoms with Gasteiger partial charge in [0.25, 0.3) is 0 Å². The van der Waals surface area contributed by atoms with Gasteiger partial charge >= 0.3 is 0 Å². The first-order valence-electron chi connectivity index (χ1n) is 7.36. The zero-order valence-electron chi connectivity index (χ0n) is 13.3. The third kappa shape index (κ3) is 5.38. The summed E-state index contributed by atoms with van der Waals surface area (Å²) in [6.07, 6.45) is 0.634. The van der Waals surface area contributed by atoms with Gasteiger partial charge in [0.05, 0.1) is 10.5 Å². The van der Waals surface area contributed by atoms with E-state index in [1.54, 1.807) is 20.8 Å². The summed E-state index contributed by atoms with van der Waals surface area (Å²) >= 11 is 3.57. The van der Waals surface area contributed by atoms with Crippen molar-refractivity contribution in [1.29, 1.82) is 0 Å². The Morgan fingerprint density at radius 2 is 1.86 bits per heavy atom. The second kappa shape index (κ2) is 7.75. The zero-order chi connectivity index (χ0) is 16.1. The monoisotopic (exact) mass is 375 g/mol. The maximum atomic E-state index is 12.3. The van der Waals surface area contributed by atoms with E-state index in [1.165, 1.54) is 5.56 Å². The molecule has 1 rings (SSSR count). The Morgan fingerprint density at radius 1 is 1.24 bits per heavy atom. The van der Waals surface area contributed by atoms with Crippen LogP contribution in [0.2, 0.25) is 0 Å². The van der Waals surface area contributed by atoms with Gasteiger partial charge in [-0.1, -0.05) is 41.1 Å². The van der Waals surface area contributed by atoms with Crippen molar-refractivity contribution in [2.75, 3.05) is 18.8 Å². The van der Waals surface area contributed by atoms with Crippen molar-refractivity contribution in [2.45, 2.75) is 44.8 Å². The molecule has 0 saturated heterocycles. The minimum atomic E-state index is -3.08. The van der Waals surface area contributed by atoms with Crippen molar-refractivity contribution < 1.29 is 8.42 Å². The molecule has 0 aliphatic carbocycles. The molecule has 3 nitrogen and oxygen atoms in total. The van der Waals surface area contributed by atoms with Gasteiger partial charge in [-0.2, -0.15) is 0 Å². The number of hydrogen-bond donors (Lipinski definition) is 1. The van der Waals surface area contributed by atoms with Crippen LogP contribution < -0.4 is 5.32 Å². The molecule has 0 aliphatic rings. The SMILES string of the molecule is CCNCC(CCS(=O)(=O)C(C)(C)C)c1ccccc1Br. The Balaban J connectivity index is 2.88. The molecular formula is C16H26BrNO2S. The minimum Gasteiger partial charge on any atom is -0.316 e. The molecule has 120 valence electrons. The van der Waals surface area contributed by atoms with Crippen molar-refractivity contribution in [2.24, 2.45) is 0 Å². The number of rotatable bonds is 7. The van der Waals surface area contributed by atoms with Gasteiger partial charge < -0.3 is 5.32 Å². The first-order valence-corrected chi connectivity index (χ1v) is 9.81. The summed E-state index contributed by atoms with van der Waals surface area (Å²) in [6.45, 7) is 9.02. The van der Waals surface area contributed by atoms with Crippen LogP contribution in [-0.2, 0) is 9.84 Å². The van der Waals surface area contributed by atoms with Crippen LogP contribution in [-0.4, -0.2) is 32.0 Å². The summed E-state index contributed by atoms with van der Waals surface area (Å²) in [7, 11) is -3.08. The van der Waals surface area contributed by atoms with E-state index in [-0.39, 0.29) is 11.7 Å². The van der Waals surface area contributed by atoms with E-state index in [4.69, 9.17) is 0 Å². The number of hydrogen-bond acceptors (Lipinski definition) is 3. The molecule has 0 saturated carbocycles. The molecular weight excluding hydrogens is 350 g/mol. The third-order valence-electron chi connectivity index (χ3n) is 3.65. The van der Waals surface area contributed by atoms with E-state index >= 15 is 0 Å². The van der Waals surface area contributed by atoms with Crippen molar-refractivity contribution in [3.05, 3.63) is 34.3 Å². The fourth-order valence-electron chi connectivity index (χ4n) is 2.10. The molecule has 0 fully saturated rings. The lowest BCUT2D eigenvalue weighted by Crippen LogP contribution is -2.32. The Bertz CT molecular complexity index is 550.